The van der Waals surface area contributed by atoms with Crippen LogP contribution in [-0.4, -0.2) is 29.9 Å². The van der Waals surface area contributed by atoms with Crippen LogP contribution in [0, 0.1) is 19.7 Å². The third-order valence-corrected chi connectivity index (χ3v) is 6.20. The van der Waals surface area contributed by atoms with Crippen molar-refractivity contribution in [2.45, 2.75) is 20.4 Å². The van der Waals surface area contributed by atoms with Gasteiger partial charge in [0.15, 0.2) is 11.5 Å². The van der Waals surface area contributed by atoms with Crippen molar-refractivity contribution in [3.63, 3.8) is 0 Å². The van der Waals surface area contributed by atoms with Gasteiger partial charge in [0.1, 0.15) is 10.6 Å². The average Bonchev–Trinajstić information content (AvgIpc) is 3.32. The Hall–Kier alpha value is -3.39. The van der Waals surface area contributed by atoms with E-state index in [2.05, 4.69) is 10.4 Å². The van der Waals surface area contributed by atoms with Crippen molar-refractivity contribution in [1.82, 2.24) is 9.78 Å². The molecule has 2 aromatic heterocycles. The van der Waals surface area contributed by atoms with Crippen molar-refractivity contribution in [1.29, 1.82) is 0 Å². The molecule has 0 radical (unpaired) electrons. The number of aryl methyl sites for hydroxylation is 2. The van der Waals surface area contributed by atoms with Crippen molar-refractivity contribution in [2.24, 2.45) is 0 Å². The summed E-state index contributed by atoms with van der Waals surface area (Å²) in [6.07, 6.45) is 0. The Labute approximate surface area is 183 Å². The maximum atomic E-state index is 13.2. The zero-order valence-corrected chi connectivity index (χ0v) is 18.5. The molecular formula is C23H22FN3O3S. The SMILES string of the molecule is COc1cc(C)c(NC(=O)c2cc3c(C)nn(Cc4ccc(F)cc4)c3s2)cc1OC. The average molecular weight is 440 g/mol. The number of fused-ring (bicyclic) bond motifs is 1. The Morgan fingerprint density at radius 2 is 1.77 bits per heavy atom. The number of hydrogen-bond donors (Lipinski definition) is 1. The van der Waals surface area contributed by atoms with Gasteiger partial charge in [-0.2, -0.15) is 5.10 Å². The van der Waals surface area contributed by atoms with E-state index < -0.39 is 0 Å². The van der Waals surface area contributed by atoms with Gasteiger partial charge >= 0.3 is 0 Å². The van der Waals surface area contributed by atoms with Crippen LogP contribution in [-0.2, 0) is 6.54 Å². The van der Waals surface area contributed by atoms with Crippen molar-refractivity contribution in [3.8, 4) is 11.5 Å². The lowest BCUT2D eigenvalue weighted by molar-refractivity contribution is 0.103. The zero-order valence-electron chi connectivity index (χ0n) is 17.7. The number of amides is 1. The number of halogens is 1. The standard InChI is InChI=1S/C23H22FN3O3S/c1-13-9-19(29-3)20(30-4)11-18(13)25-22(28)21-10-17-14(2)26-27(23(17)31-21)12-15-5-7-16(24)8-6-15/h5-11H,12H2,1-4H3,(H,25,28). The fraction of sp³-hybridized carbons (Fsp3) is 0.217. The topological polar surface area (TPSA) is 65.4 Å². The second-order valence-corrected chi connectivity index (χ2v) is 8.21. The maximum absolute atomic E-state index is 13.2. The van der Waals surface area contributed by atoms with E-state index in [4.69, 9.17) is 9.47 Å². The van der Waals surface area contributed by atoms with Crippen LogP contribution < -0.4 is 14.8 Å². The van der Waals surface area contributed by atoms with Crippen LogP contribution in [0.4, 0.5) is 10.1 Å². The van der Waals surface area contributed by atoms with Gasteiger partial charge in [0.05, 0.1) is 31.3 Å². The van der Waals surface area contributed by atoms with Crippen LogP contribution in [0.1, 0.15) is 26.5 Å². The van der Waals surface area contributed by atoms with E-state index in [1.54, 1.807) is 32.4 Å². The number of rotatable bonds is 6. The first-order chi connectivity index (χ1) is 14.9. The lowest BCUT2D eigenvalue weighted by Gasteiger charge is -2.13. The maximum Gasteiger partial charge on any atom is 0.265 e. The van der Waals surface area contributed by atoms with E-state index in [0.717, 1.165) is 27.0 Å². The van der Waals surface area contributed by atoms with E-state index in [9.17, 15) is 9.18 Å². The Morgan fingerprint density at radius 3 is 2.45 bits per heavy atom. The van der Waals surface area contributed by atoms with Gasteiger partial charge in [0, 0.05) is 17.1 Å². The van der Waals surface area contributed by atoms with Gasteiger partial charge in [0.2, 0.25) is 0 Å². The molecule has 0 saturated heterocycles. The molecule has 6 nitrogen and oxygen atoms in total. The quantitative estimate of drug-likeness (QED) is 0.450. The fourth-order valence-electron chi connectivity index (χ4n) is 3.39. The van der Waals surface area contributed by atoms with Crippen LogP contribution in [0.2, 0.25) is 0 Å². The molecular weight excluding hydrogens is 417 g/mol. The van der Waals surface area contributed by atoms with Gasteiger partial charge in [-0.25, -0.2) is 4.39 Å². The number of benzene rings is 2. The first-order valence-corrected chi connectivity index (χ1v) is 10.5. The summed E-state index contributed by atoms with van der Waals surface area (Å²) in [5.41, 5.74) is 3.30. The number of nitrogens with one attached hydrogen (secondary N) is 1. The van der Waals surface area contributed by atoms with Gasteiger partial charge in [-0.05, 0) is 49.2 Å². The molecule has 1 N–H and O–H groups in total. The number of aromatic nitrogens is 2. The number of carbonyl (C=O) groups is 1. The molecule has 4 aromatic rings. The van der Waals surface area contributed by atoms with Gasteiger partial charge in [0.25, 0.3) is 5.91 Å². The van der Waals surface area contributed by atoms with Crippen molar-refractivity contribution < 1.29 is 18.7 Å². The number of ether oxygens (including phenoxy) is 2. The Balaban J connectivity index is 1.61. The lowest BCUT2D eigenvalue weighted by Crippen LogP contribution is -2.11. The zero-order chi connectivity index (χ0) is 22.1. The molecule has 8 heteroatoms. The van der Waals surface area contributed by atoms with E-state index in [1.807, 2.05) is 30.7 Å². The van der Waals surface area contributed by atoms with Gasteiger partial charge in [-0.1, -0.05) is 12.1 Å². The first-order valence-electron chi connectivity index (χ1n) is 9.65. The molecule has 160 valence electrons. The number of hydrogen-bond acceptors (Lipinski definition) is 5. The summed E-state index contributed by atoms with van der Waals surface area (Å²) in [6, 6.07) is 11.8. The molecule has 0 unspecified atom stereocenters. The minimum absolute atomic E-state index is 0.204. The highest BCUT2D eigenvalue weighted by molar-refractivity contribution is 7.20. The van der Waals surface area contributed by atoms with E-state index in [-0.39, 0.29) is 11.7 Å². The third kappa shape index (κ3) is 4.11. The number of thiophene rings is 1. The minimum Gasteiger partial charge on any atom is -0.493 e. The third-order valence-electron chi connectivity index (χ3n) is 5.06. The summed E-state index contributed by atoms with van der Waals surface area (Å²) in [5.74, 6) is 0.678. The van der Waals surface area contributed by atoms with Crippen LogP contribution in [0.15, 0.2) is 42.5 Å². The molecule has 31 heavy (non-hydrogen) atoms. The van der Waals surface area contributed by atoms with E-state index in [1.165, 1.54) is 23.5 Å². The van der Waals surface area contributed by atoms with E-state index in [0.29, 0.717) is 28.6 Å². The summed E-state index contributed by atoms with van der Waals surface area (Å²) in [7, 11) is 3.13. The lowest BCUT2D eigenvalue weighted by atomic mass is 10.1. The summed E-state index contributed by atoms with van der Waals surface area (Å²) >= 11 is 1.38. The van der Waals surface area contributed by atoms with Crippen molar-refractivity contribution in [3.05, 3.63) is 70.0 Å². The van der Waals surface area contributed by atoms with Crippen LogP contribution in [0.25, 0.3) is 10.2 Å². The second-order valence-electron chi connectivity index (χ2n) is 7.18. The normalized spacial score (nSPS) is 11.0. The van der Waals surface area contributed by atoms with Crippen molar-refractivity contribution >= 4 is 33.1 Å². The van der Waals surface area contributed by atoms with E-state index >= 15 is 0 Å². The molecule has 0 aliphatic rings. The fourth-order valence-corrected chi connectivity index (χ4v) is 4.45. The van der Waals surface area contributed by atoms with Crippen LogP contribution in [0.3, 0.4) is 0 Å². The predicted molar refractivity (Wildman–Crippen MR) is 120 cm³/mol. The highest BCUT2D eigenvalue weighted by atomic mass is 32.1. The molecule has 0 spiro atoms. The number of nitrogens with zero attached hydrogens (tertiary/aromatic N) is 2. The van der Waals surface area contributed by atoms with Crippen LogP contribution >= 0.6 is 11.3 Å². The van der Waals surface area contributed by atoms with Crippen molar-refractivity contribution in [2.75, 3.05) is 19.5 Å². The minimum atomic E-state index is -0.272. The first kappa shape index (κ1) is 20.9. The summed E-state index contributed by atoms with van der Waals surface area (Å²) < 4.78 is 25.7. The molecule has 0 fully saturated rings. The molecule has 2 heterocycles. The summed E-state index contributed by atoms with van der Waals surface area (Å²) in [6.45, 7) is 4.31. The summed E-state index contributed by atoms with van der Waals surface area (Å²) in [4.78, 5) is 14.4. The molecule has 0 saturated carbocycles. The molecule has 1 amide bonds. The van der Waals surface area contributed by atoms with Gasteiger partial charge < -0.3 is 14.8 Å². The van der Waals surface area contributed by atoms with Gasteiger partial charge in [-0.15, -0.1) is 11.3 Å². The second kappa shape index (κ2) is 8.39. The monoisotopic (exact) mass is 439 g/mol. The molecule has 2 aromatic carbocycles. The molecule has 0 atom stereocenters. The number of methoxy groups -OCH3 is 2. The Morgan fingerprint density at radius 1 is 1.10 bits per heavy atom. The largest absolute Gasteiger partial charge is 0.493 e. The highest BCUT2D eigenvalue weighted by Gasteiger charge is 2.18. The molecule has 0 aliphatic heterocycles. The number of anilines is 1. The smallest absolute Gasteiger partial charge is 0.265 e. The predicted octanol–water partition coefficient (Wildman–Crippen LogP) is 5.17. The van der Waals surface area contributed by atoms with Crippen LogP contribution in [0.5, 0.6) is 11.5 Å². The number of carbonyl (C=O) groups excluding carboxylic acids is 1. The Kier molecular flexibility index (Phi) is 5.65. The highest BCUT2D eigenvalue weighted by Crippen LogP contribution is 2.34. The Bertz CT molecular complexity index is 1260. The van der Waals surface area contributed by atoms with Gasteiger partial charge in [-0.3, -0.25) is 9.48 Å². The molecule has 4 rings (SSSR count). The molecule has 0 bridgehead atoms. The molecule has 0 aliphatic carbocycles. The summed E-state index contributed by atoms with van der Waals surface area (Å²) in [5, 5.41) is 8.47.